The number of carbonyl (C=O) groups excluding carboxylic acids is 2. The molecule has 0 saturated heterocycles. The predicted molar refractivity (Wildman–Crippen MR) is 147 cm³/mol. The van der Waals surface area contributed by atoms with Crippen molar-refractivity contribution in [3.8, 4) is 11.4 Å². The quantitative estimate of drug-likeness (QED) is 0.238. The van der Waals surface area contributed by atoms with Gasteiger partial charge >= 0.3 is 0 Å². The van der Waals surface area contributed by atoms with E-state index in [1.165, 1.54) is 11.8 Å². The van der Waals surface area contributed by atoms with Crippen molar-refractivity contribution in [2.75, 3.05) is 18.2 Å². The van der Waals surface area contributed by atoms with Gasteiger partial charge in [-0.2, -0.15) is 0 Å². The van der Waals surface area contributed by atoms with E-state index in [0.29, 0.717) is 28.0 Å². The largest absolute Gasteiger partial charge is 0.497 e. The van der Waals surface area contributed by atoms with Crippen LogP contribution in [-0.4, -0.2) is 39.4 Å². The second kappa shape index (κ2) is 12.2. The van der Waals surface area contributed by atoms with E-state index in [-0.39, 0.29) is 24.1 Å². The van der Waals surface area contributed by atoms with Gasteiger partial charge in [-0.15, -0.1) is 10.2 Å². The molecular weight excluding hydrogens is 610 g/mol. The second-order valence-electron chi connectivity index (χ2n) is 7.47. The van der Waals surface area contributed by atoms with E-state index in [1.54, 1.807) is 31.4 Å². The lowest BCUT2D eigenvalue weighted by atomic mass is 10.2. The lowest BCUT2D eigenvalue weighted by Gasteiger charge is -2.11. The van der Waals surface area contributed by atoms with Crippen molar-refractivity contribution in [2.45, 2.75) is 11.7 Å². The van der Waals surface area contributed by atoms with E-state index < -0.39 is 0 Å². The van der Waals surface area contributed by atoms with Crippen LogP contribution in [0.3, 0.4) is 0 Å². The van der Waals surface area contributed by atoms with Crippen LogP contribution in [0.4, 0.5) is 5.69 Å². The highest BCUT2D eigenvalue weighted by Gasteiger charge is 2.17. The fourth-order valence-corrected chi connectivity index (χ4v) is 4.52. The Hall–Kier alpha value is -3.15. The molecule has 3 aromatic carbocycles. The van der Waals surface area contributed by atoms with Gasteiger partial charge in [-0.1, -0.05) is 43.6 Å². The zero-order valence-corrected chi connectivity index (χ0v) is 23.1. The summed E-state index contributed by atoms with van der Waals surface area (Å²) >= 11 is 8.09. The summed E-state index contributed by atoms with van der Waals surface area (Å²) in [6, 6.07) is 21.8. The number of methoxy groups -OCH3 is 1. The highest BCUT2D eigenvalue weighted by molar-refractivity contribution is 9.10. The molecule has 4 aromatic rings. The molecule has 36 heavy (non-hydrogen) atoms. The molecule has 0 unspecified atom stereocenters. The van der Waals surface area contributed by atoms with Gasteiger partial charge in [0.05, 0.1) is 19.4 Å². The Balaban J connectivity index is 1.48. The molecule has 1 heterocycles. The fraction of sp³-hybridized carbons (Fsp3) is 0.120. The van der Waals surface area contributed by atoms with Crippen LogP contribution in [0.1, 0.15) is 16.2 Å². The van der Waals surface area contributed by atoms with Crippen LogP contribution < -0.4 is 15.4 Å². The van der Waals surface area contributed by atoms with Crippen LogP contribution in [0.25, 0.3) is 5.69 Å². The Morgan fingerprint density at radius 2 is 1.56 bits per heavy atom. The molecule has 184 valence electrons. The van der Waals surface area contributed by atoms with Gasteiger partial charge < -0.3 is 15.4 Å². The first-order chi connectivity index (χ1) is 17.4. The molecule has 0 bridgehead atoms. The third-order valence-electron chi connectivity index (χ3n) is 5.00. The van der Waals surface area contributed by atoms with Gasteiger partial charge in [0.15, 0.2) is 11.0 Å². The van der Waals surface area contributed by atoms with Crippen LogP contribution in [-0.2, 0) is 11.3 Å². The minimum absolute atomic E-state index is 0.142. The van der Waals surface area contributed by atoms with Crippen LogP contribution >= 0.6 is 43.6 Å². The first kappa shape index (κ1) is 25.9. The second-order valence-corrected chi connectivity index (χ2v) is 10.2. The molecule has 11 heteroatoms. The number of halogens is 2. The van der Waals surface area contributed by atoms with E-state index in [9.17, 15) is 9.59 Å². The number of thioether (sulfide) groups is 1. The van der Waals surface area contributed by atoms with Gasteiger partial charge in [0.2, 0.25) is 5.91 Å². The molecule has 0 radical (unpaired) electrons. The Morgan fingerprint density at radius 3 is 2.19 bits per heavy atom. The normalized spacial score (nSPS) is 10.6. The maximum atomic E-state index is 12.6. The van der Waals surface area contributed by atoms with Crippen LogP contribution in [0, 0.1) is 0 Å². The van der Waals surface area contributed by atoms with Gasteiger partial charge in [-0.3, -0.25) is 14.2 Å². The van der Waals surface area contributed by atoms with Crippen molar-refractivity contribution in [2.24, 2.45) is 0 Å². The number of ether oxygens (including phenoxy) is 1. The molecule has 4 rings (SSSR count). The molecule has 2 N–H and O–H groups in total. The summed E-state index contributed by atoms with van der Waals surface area (Å²) in [5, 5.41) is 14.9. The number of nitrogens with zero attached hydrogens (tertiary/aromatic N) is 3. The Labute approximate surface area is 229 Å². The predicted octanol–water partition coefficient (Wildman–Crippen LogP) is 5.46. The molecule has 0 aliphatic rings. The van der Waals surface area contributed by atoms with Gasteiger partial charge in [0.25, 0.3) is 5.91 Å². The maximum Gasteiger partial charge on any atom is 0.251 e. The molecule has 0 atom stereocenters. The van der Waals surface area contributed by atoms with Gasteiger partial charge in [0.1, 0.15) is 5.75 Å². The first-order valence-electron chi connectivity index (χ1n) is 10.7. The topological polar surface area (TPSA) is 98.1 Å². The third-order valence-corrected chi connectivity index (χ3v) is 6.99. The number of rotatable bonds is 9. The number of benzene rings is 3. The van der Waals surface area contributed by atoms with Crippen molar-refractivity contribution >= 4 is 61.1 Å². The summed E-state index contributed by atoms with van der Waals surface area (Å²) in [5.41, 5.74) is 2.03. The van der Waals surface area contributed by atoms with E-state index in [0.717, 1.165) is 14.6 Å². The Morgan fingerprint density at radius 1 is 0.917 bits per heavy atom. The lowest BCUT2D eigenvalue weighted by Crippen LogP contribution is -2.24. The van der Waals surface area contributed by atoms with Gasteiger partial charge in [0, 0.05) is 25.9 Å². The van der Waals surface area contributed by atoms with Crippen molar-refractivity contribution in [1.29, 1.82) is 0 Å². The van der Waals surface area contributed by atoms with Crippen molar-refractivity contribution in [1.82, 2.24) is 20.1 Å². The average molecular weight is 631 g/mol. The van der Waals surface area contributed by atoms with E-state index in [2.05, 4.69) is 52.7 Å². The number of aromatic nitrogens is 3. The lowest BCUT2D eigenvalue weighted by molar-refractivity contribution is -0.113. The number of hydrogen-bond acceptors (Lipinski definition) is 6. The monoisotopic (exact) mass is 629 g/mol. The molecule has 1 aromatic heterocycles. The van der Waals surface area contributed by atoms with Gasteiger partial charge in [-0.05, 0) is 72.8 Å². The average Bonchev–Trinajstić information content (AvgIpc) is 3.30. The highest BCUT2D eigenvalue weighted by atomic mass is 79.9. The van der Waals surface area contributed by atoms with Crippen LogP contribution in [0.15, 0.2) is 86.9 Å². The van der Waals surface area contributed by atoms with Crippen molar-refractivity contribution < 1.29 is 14.3 Å². The molecule has 0 fully saturated rings. The molecular formula is C25H21Br2N5O3S. The number of carbonyl (C=O) groups is 2. The summed E-state index contributed by atoms with van der Waals surface area (Å²) in [4.78, 5) is 25.2. The van der Waals surface area contributed by atoms with Crippen LogP contribution in [0.5, 0.6) is 5.75 Å². The summed E-state index contributed by atoms with van der Waals surface area (Å²) in [6.07, 6.45) is 0. The summed E-state index contributed by atoms with van der Waals surface area (Å²) in [5.74, 6) is 0.943. The minimum Gasteiger partial charge on any atom is -0.497 e. The van der Waals surface area contributed by atoms with E-state index in [1.807, 2.05) is 53.1 Å². The Bertz CT molecular complexity index is 1340. The molecule has 0 spiro atoms. The van der Waals surface area contributed by atoms with Crippen LogP contribution in [0.2, 0.25) is 0 Å². The molecule has 0 aliphatic carbocycles. The van der Waals surface area contributed by atoms with E-state index in [4.69, 9.17) is 4.74 Å². The molecule has 0 aliphatic heterocycles. The molecule has 8 nitrogen and oxygen atoms in total. The zero-order valence-electron chi connectivity index (χ0n) is 19.1. The number of amides is 2. The standard InChI is InChI=1S/C25H21Br2N5O3S/c1-35-21-12-2-16(3-13-21)24(34)28-14-22-30-31-25(32(22)20-10-6-18(27)7-11-20)36-15-23(33)29-19-8-4-17(26)5-9-19/h2-13H,14-15H2,1H3,(H,28,34)(H,29,33). The summed E-state index contributed by atoms with van der Waals surface area (Å²) in [7, 11) is 1.57. The maximum absolute atomic E-state index is 12.6. The SMILES string of the molecule is COc1ccc(C(=O)NCc2nnc(SCC(=O)Nc3ccc(Br)cc3)n2-c2ccc(Br)cc2)cc1. The van der Waals surface area contributed by atoms with Crippen molar-refractivity contribution in [3.63, 3.8) is 0 Å². The van der Waals surface area contributed by atoms with Gasteiger partial charge in [-0.25, -0.2) is 0 Å². The molecule has 0 saturated carbocycles. The third kappa shape index (κ3) is 6.74. The number of hydrogen-bond donors (Lipinski definition) is 2. The Kier molecular flexibility index (Phi) is 8.79. The first-order valence-corrected chi connectivity index (χ1v) is 13.3. The number of anilines is 1. The zero-order chi connectivity index (χ0) is 25.5. The summed E-state index contributed by atoms with van der Waals surface area (Å²) in [6.45, 7) is 0.152. The van der Waals surface area contributed by atoms with E-state index >= 15 is 0 Å². The fourth-order valence-electron chi connectivity index (χ4n) is 3.22. The molecule has 2 amide bonds. The smallest absolute Gasteiger partial charge is 0.251 e. The summed E-state index contributed by atoms with van der Waals surface area (Å²) < 4.78 is 8.84. The highest BCUT2D eigenvalue weighted by Crippen LogP contribution is 2.24. The number of nitrogens with one attached hydrogen (secondary N) is 2. The van der Waals surface area contributed by atoms with Crippen molar-refractivity contribution in [3.05, 3.63) is 93.1 Å². The minimum atomic E-state index is -0.244.